The number of carbonyl (C=O) groups is 1. The first-order valence-corrected chi connectivity index (χ1v) is 10.5. The van der Waals surface area contributed by atoms with E-state index in [-0.39, 0.29) is 36.4 Å². The second kappa shape index (κ2) is 8.29. The first kappa shape index (κ1) is 22.7. The maximum Gasteiger partial charge on any atom is 0.401 e. The van der Waals surface area contributed by atoms with Crippen LogP contribution in [0.4, 0.5) is 23.4 Å². The Bertz CT molecular complexity index is 1430. The van der Waals surface area contributed by atoms with Gasteiger partial charge in [-0.05, 0) is 30.5 Å². The van der Waals surface area contributed by atoms with Crippen molar-refractivity contribution in [3.63, 3.8) is 0 Å². The van der Waals surface area contributed by atoms with Crippen LogP contribution < -0.4 is 10.1 Å². The molecule has 0 spiro atoms. The van der Waals surface area contributed by atoms with E-state index in [1.807, 2.05) is 0 Å². The number of pyridine rings is 1. The van der Waals surface area contributed by atoms with Crippen LogP contribution in [0.5, 0.6) is 5.88 Å². The third-order valence-electron chi connectivity index (χ3n) is 5.83. The summed E-state index contributed by atoms with van der Waals surface area (Å²) in [7, 11) is 1.49. The number of nitrogens with zero attached hydrogens (tertiary/aromatic N) is 4. The van der Waals surface area contributed by atoms with Crippen molar-refractivity contribution < 1.29 is 31.6 Å². The topological polar surface area (TPSA) is 103 Å². The number of ether oxygens (including phenoxy) is 1. The molecule has 1 N–H and O–H groups in total. The van der Waals surface area contributed by atoms with E-state index in [4.69, 9.17) is 9.26 Å². The third kappa shape index (κ3) is 4.27. The summed E-state index contributed by atoms with van der Waals surface area (Å²) in [5, 5.41) is 5.85. The highest BCUT2D eigenvalue weighted by Gasteiger charge is 2.66. The Kier molecular flexibility index (Phi) is 5.37. The molecule has 0 aliphatic heterocycles. The average Bonchev–Trinajstić information content (AvgIpc) is 3.53. The van der Waals surface area contributed by atoms with Crippen LogP contribution in [0.1, 0.15) is 24.2 Å². The van der Waals surface area contributed by atoms with Crippen LogP contribution in [0.3, 0.4) is 0 Å². The van der Waals surface area contributed by atoms with Gasteiger partial charge in [0.25, 0.3) is 0 Å². The van der Waals surface area contributed by atoms with Gasteiger partial charge in [0, 0.05) is 17.7 Å². The van der Waals surface area contributed by atoms with Crippen molar-refractivity contribution in [2.24, 2.45) is 0 Å². The van der Waals surface area contributed by atoms with Crippen molar-refractivity contribution in [2.75, 3.05) is 12.4 Å². The van der Waals surface area contributed by atoms with Gasteiger partial charge in [-0.15, -0.1) is 0 Å². The first-order chi connectivity index (χ1) is 16.7. The van der Waals surface area contributed by atoms with Gasteiger partial charge in [-0.1, -0.05) is 17.3 Å². The van der Waals surface area contributed by atoms with E-state index in [0.717, 1.165) is 6.07 Å². The van der Waals surface area contributed by atoms with Crippen molar-refractivity contribution >= 4 is 22.9 Å². The summed E-state index contributed by atoms with van der Waals surface area (Å²) in [4.78, 5) is 25.2. The summed E-state index contributed by atoms with van der Waals surface area (Å²) in [6.45, 7) is 0. The number of nitrogens with one attached hydrogen (secondary N) is 1. The molecule has 0 atom stereocenters. The van der Waals surface area contributed by atoms with E-state index in [0.29, 0.717) is 28.3 Å². The van der Waals surface area contributed by atoms with Crippen molar-refractivity contribution in [2.45, 2.75) is 30.9 Å². The molecule has 1 amide bonds. The summed E-state index contributed by atoms with van der Waals surface area (Å²) in [6, 6.07) is 8.62. The molecule has 1 aromatic carbocycles. The van der Waals surface area contributed by atoms with Gasteiger partial charge in [-0.25, -0.2) is 14.4 Å². The molecule has 1 aliphatic rings. The Hall–Kier alpha value is -4.09. The number of alkyl halides is 3. The Labute approximate surface area is 195 Å². The fraction of sp³-hybridized carbons (Fsp3) is 0.261. The maximum atomic E-state index is 14.7. The number of carbonyl (C=O) groups excluding carboxylic acids is 1. The predicted molar refractivity (Wildman–Crippen MR) is 115 cm³/mol. The summed E-state index contributed by atoms with van der Waals surface area (Å²) in [5.74, 6) is -1.42. The van der Waals surface area contributed by atoms with Crippen LogP contribution in [-0.4, -0.2) is 39.3 Å². The van der Waals surface area contributed by atoms with Crippen molar-refractivity contribution in [1.82, 2.24) is 20.1 Å². The smallest absolute Gasteiger partial charge is 0.401 e. The van der Waals surface area contributed by atoms with E-state index in [9.17, 15) is 22.4 Å². The first-order valence-electron chi connectivity index (χ1n) is 10.5. The molecule has 0 radical (unpaired) electrons. The largest absolute Gasteiger partial charge is 0.481 e. The normalized spacial score (nSPS) is 14.7. The van der Waals surface area contributed by atoms with E-state index >= 15 is 0 Å². The van der Waals surface area contributed by atoms with Gasteiger partial charge >= 0.3 is 6.18 Å². The zero-order valence-corrected chi connectivity index (χ0v) is 18.2. The summed E-state index contributed by atoms with van der Waals surface area (Å²) in [6.07, 6.45) is -3.55. The molecule has 4 aromatic rings. The summed E-state index contributed by atoms with van der Waals surface area (Å²) in [5.41, 5.74) is -0.228. The fourth-order valence-corrected chi connectivity index (χ4v) is 3.70. The minimum atomic E-state index is -4.46. The number of halogens is 4. The zero-order chi connectivity index (χ0) is 24.8. The van der Waals surface area contributed by atoms with Gasteiger partial charge in [0.15, 0.2) is 17.2 Å². The minimum Gasteiger partial charge on any atom is -0.481 e. The highest BCUT2D eigenvalue weighted by Crippen LogP contribution is 2.59. The van der Waals surface area contributed by atoms with Crippen molar-refractivity contribution in [1.29, 1.82) is 0 Å². The lowest BCUT2D eigenvalue weighted by molar-refractivity contribution is -0.165. The molecule has 3 aromatic heterocycles. The number of methoxy groups -OCH3 is 1. The Morgan fingerprint density at radius 2 is 1.97 bits per heavy atom. The van der Waals surface area contributed by atoms with Crippen molar-refractivity contribution in [3.8, 4) is 17.1 Å². The molecular weight excluding hydrogens is 470 g/mol. The van der Waals surface area contributed by atoms with Crippen LogP contribution in [0, 0.1) is 5.82 Å². The second-order valence-electron chi connectivity index (χ2n) is 8.14. The van der Waals surface area contributed by atoms with E-state index < -0.39 is 23.3 Å². The number of amides is 1. The van der Waals surface area contributed by atoms with Crippen molar-refractivity contribution in [3.05, 3.63) is 59.7 Å². The average molecular weight is 487 g/mol. The zero-order valence-electron chi connectivity index (χ0n) is 18.2. The Morgan fingerprint density at radius 1 is 1.17 bits per heavy atom. The number of hydrogen-bond donors (Lipinski definition) is 1. The van der Waals surface area contributed by atoms with Gasteiger partial charge in [0.1, 0.15) is 16.7 Å². The molecule has 8 nitrogen and oxygen atoms in total. The van der Waals surface area contributed by atoms with Gasteiger partial charge in [-0.2, -0.15) is 18.2 Å². The molecule has 5 rings (SSSR count). The molecule has 1 aliphatic carbocycles. The minimum absolute atomic E-state index is 0.0871. The molecule has 0 bridgehead atoms. The lowest BCUT2D eigenvalue weighted by Gasteiger charge is -2.14. The number of anilines is 1. The fourth-order valence-electron chi connectivity index (χ4n) is 3.70. The van der Waals surface area contributed by atoms with Crippen LogP contribution in [0.2, 0.25) is 0 Å². The molecule has 1 saturated carbocycles. The standard InChI is InChI=1S/C23H17F4N5O3/c1-34-20-5-4-15-21(31-20)28-11-16(29-15)13-3-2-12(14(24)8-13)9-19(33)30-18-10-17(35-32-18)22(6-7-22)23(25,26)27/h2-5,8,10-11H,6-7,9H2,1H3,(H,30,32,33). The molecular formula is C23H17F4N5O3. The lowest BCUT2D eigenvalue weighted by Crippen LogP contribution is -2.28. The Balaban J connectivity index is 1.28. The molecule has 180 valence electrons. The van der Waals surface area contributed by atoms with Gasteiger partial charge in [0.05, 0.1) is 25.4 Å². The highest BCUT2D eigenvalue weighted by atomic mass is 19.4. The van der Waals surface area contributed by atoms with Crippen LogP contribution in [-0.2, 0) is 16.6 Å². The second-order valence-corrected chi connectivity index (χ2v) is 8.14. The summed E-state index contributed by atoms with van der Waals surface area (Å²) < 4.78 is 64.2. The monoisotopic (exact) mass is 487 g/mol. The highest BCUT2D eigenvalue weighted by molar-refractivity contribution is 5.91. The number of aromatic nitrogens is 4. The number of benzene rings is 1. The van der Waals surface area contributed by atoms with Gasteiger partial charge in [0.2, 0.25) is 11.8 Å². The lowest BCUT2D eigenvalue weighted by atomic mass is 10.0. The maximum absolute atomic E-state index is 14.7. The van der Waals surface area contributed by atoms with Gasteiger partial charge in [-0.3, -0.25) is 4.79 Å². The molecule has 0 unspecified atom stereocenters. The van der Waals surface area contributed by atoms with E-state index in [2.05, 4.69) is 25.4 Å². The SMILES string of the molecule is COc1ccc2nc(-c3ccc(CC(=O)Nc4cc(C5(C(F)(F)F)CC5)on4)c(F)c3)cnc2n1. The number of hydrogen-bond acceptors (Lipinski definition) is 7. The predicted octanol–water partition coefficient (Wildman–Crippen LogP) is 4.60. The molecule has 0 saturated heterocycles. The number of rotatable bonds is 6. The molecule has 35 heavy (non-hydrogen) atoms. The summed E-state index contributed by atoms with van der Waals surface area (Å²) >= 11 is 0. The molecule has 1 fully saturated rings. The van der Waals surface area contributed by atoms with Crippen LogP contribution in [0.25, 0.3) is 22.4 Å². The Morgan fingerprint density at radius 3 is 2.66 bits per heavy atom. The molecule has 12 heteroatoms. The van der Waals surface area contributed by atoms with Crippen LogP contribution in [0.15, 0.2) is 47.1 Å². The van der Waals surface area contributed by atoms with Gasteiger partial charge < -0.3 is 14.6 Å². The quantitative estimate of drug-likeness (QED) is 0.397. The van der Waals surface area contributed by atoms with E-state index in [1.54, 1.807) is 18.2 Å². The van der Waals surface area contributed by atoms with Crippen LogP contribution >= 0.6 is 0 Å². The van der Waals surface area contributed by atoms with E-state index in [1.165, 1.54) is 25.4 Å². The molecule has 3 heterocycles. The number of fused-ring (bicyclic) bond motifs is 1. The third-order valence-corrected chi connectivity index (χ3v) is 5.83.